The van der Waals surface area contributed by atoms with Crippen LogP contribution in [0.15, 0.2) is 12.2 Å². The molecule has 2 heteroatoms. The lowest BCUT2D eigenvalue weighted by Gasteiger charge is -1.91. The summed E-state index contributed by atoms with van der Waals surface area (Å²) in [5, 5.41) is 3.89. The van der Waals surface area contributed by atoms with Crippen molar-refractivity contribution in [2.75, 3.05) is 26.8 Å². The first-order chi connectivity index (χ1) is 4.41. The Morgan fingerprint density at radius 1 is 1.44 bits per heavy atom. The van der Waals surface area contributed by atoms with Crippen molar-refractivity contribution in [2.45, 2.75) is 6.92 Å². The van der Waals surface area contributed by atoms with Gasteiger partial charge in [-0.2, -0.15) is 0 Å². The van der Waals surface area contributed by atoms with E-state index in [0.717, 1.165) is 13.2 Å². The number of hydrogen-bond donors (Lipinski definition) is 0. The van der Waals surface area contributed by atoms with Crippen molar-refractivity contribution in [3.05, 3.63) is 12.2 Å². The van der Waals surface area contributed by atoms with Crippen LogP contribution >= 0.6 is 0 Å². The van der Waals surface area contributed by atoms with Gasteiger partial charge in [0, 0.05) is 20.2 Å². The van der Waals surface area contributed by atoms with E-state index in [-0.39, 0.29) is 0 Å². The standard InChI is InChI=1S/C7H14NO/c1-3-9-7-5-4-6-8-2/h4-5H,3,6-7H2,1-2H3. The van der Waals surface area contributed by atoms with Crippen LogP contribution in [-0.4, -0.2) is 26.8 Å². The van der Waals surface area contributed by atoms with Crippen molar-refractivity contribution >= 4 is 0 Å². The Morgan fingerprint density at radius 2 is 2.22 bits per heavy atom. The molecule has 9 heavy (non-hydrogen) atoms. The van der Waals surface area contributed by atoms with E-state index >= 15 is 0 Å². The number of hydrogen-bond acceptors (Lipinski definition) is 1. The SMILES string of the molecule is CCOCC=CC[N]C. The molecule has 2 nitrogen and oxygen atoms in total. The summed E-state index contributed by atoms with van der Waals surface area (Å²) < 4.78 is 5.05. The molecule has 0 aliphatic heterocycles. The minimum Gasteiger partial charge on any atom is -0.378 e. The first-order valence-corrected chi connectivity index (χ1v) is 3.20. The van der Waals surface area contributed by atoms with E-state index in [9.17, 15) is 0 Å². The molecule has 0 aliphatic carbocycles. The molecule has 0 N–H and O–H groups in total. The normalized spacial score (nSPS) is 10.9. The van der Waals surface area contributed by atoms with Gasteiger partial charge in [-0.25, -0.2) is 5.32 Å². The molecule has 0 bridgehead atoms. The molecule has 0 aliphatic rings. The Labute approximate surface area is 56.9 Å². The molecule has 0 rings (SSSR count). The number of likely N-dealkylation sites (N-methyl/N-ethyl adjacent to an activating group) is 1. The quantitative estimate of drug-likeness (QED) is 0.397. The molecule has 1 radical (unpaired) electrons. The minimum atomic E-state index is 0.714. The lowest BCUT2D eigenvalue weighted by Crippen LogP contribution is -1.95. The summed E-state index contributed by atoms with van der Waals surface area (Å²) in [5.74, 6) is 0. The van der Waals surface area contributed by atoms with Crippen molar-refractivity contribution in [3.8, 4) is 0 Å². The van der Waals surface area contributed by atoms with Crippen LogP contribution < -0.4 is 5.32 Å². The molecule has 0 unspecified atom stereocenters. The summed E-state index contributed by atoms with van der Waals surface area (Å²) >= 11 is 0. The van der Waals surface area contributed by atoms with Crippen LogP contribution in [0.25, 0.3) is 0 Å². The van der Waals surface area contributed by atoms with Crippen LogP contribution in [0.4, 0.5) is 0 Å². The van der Waals surface area contributed by atoms with Crippen LogP contribution in [0.5, 0.6) is 0 Å². The van der Waals surface area contributed by atoms with Crippen LogP contribution in [0.3, 0.4) is 0 Å². The maximum Gasteiger partial charge on any atom is 0.0647 e. The van der Waals surface area contributed by atoms with Gasteiger partial charge in [-0.15, -0.1) is 0 Å². The Morgan fingerprint density at radius 3 is 2.78 bits per heavy atom. The summed E-state index contributed by atoms with van der Waals surface area (Å²) in [7, 11) is 1.80. The van der Waals surface area contributed by atoms with Crippen LogP contribution in [0.1, 0.15) is 6.92 Å². The smallest absolute Gasteiger partial charge is 0.0647 e. The topological polar surface area (TPSA) is 23.3 Å². The van der Waals surface area contributed by atoms with E-state index in [1.54, 1.807) is 7.05 Å². The molecular weight excluding hydrogens is 114 g/mol. The minimum absolute atomic E-state index is 0.714. The van der Waals surface area contributed by atoms with Gasteiger partial charge in [0.1, 0.15) is 0 Å². The zero-order chi connectivity index (χ0) is 6.95. The lowest BCUT2D eigenvalue weighted by atomic mass is 10.5. The highest BCUT2D eigenvalue weighted by molar-refractivity contribution is 4.82. The third-order valence-corrected chi connectivity index (χ3v) is 0.873. The van der Waals surface area contributed by atoms with Crippen molar-refractivity contribution in [2.24, 2.45) is 0 Å². The molecular formula is C7H14NO. The van der Waals surface area contributed by atoms with Crippen LogP contribution in [0, 0.1) is 0 Å². The highest BCUT2D eigenvalue weighted by atomic mass is 16.5. The molecule has 0 aromatic rings. The Hall–Kier alpha value is -0.340. The highest BCUT2D eigenvalue weighted by Gasteiger charge is 1.74. The molecule has 0 amide bonds. The van der Waals surface area contributed by atoms with Crippen molar-refractivity contribution < 1.29 is 4.74 Å². The van der Waals surface area contributed by atoms with Crippen molar-refractivity contribution in [3.63, 3.8) is 0 Å². The number of nitrogens with zero attached hydrogens (tertiary/aromatic N) is 1. The van der Waals surface area contributed by atoms with Gasteiger partial charge in [0.25, 0.3) is 0 Å². The third-order valence-electron chi connectivity index (χ3n) is 0.873. The van der Waals surface area contributed by atoms with Crippen LogP contribution in [0.2, 0.25) is 0 Å². The van der Waals surface area contributed by atoms with E-state index in [0.29, 0.717) is 6.61 Å². The summed E-state index contributed by atoms with van der Waals surface area (Å²) in [6, 6.07) is 0. The van der Waals surface area contributed by atoms with Crippen molar-refractivity contribution in [1.82, 2.24) is 5.32 Å². The van der Waals surface area contributed by atoms with Gasteiger partial charge in [-0.3, -0.25) is 0 Å². The summed E-state index contributed by atoms with van der Waals surface area (Å²) in [6.07, 6.45) is 3.98. The average Bonchev–Trinajstić information content (AvgIpc) is 1.89. The first-order valence-electron chi connectivity index (χ1n) is 3.20. The molecule has 53 valence electrons. The molecule has 0 heterocycles. The Balaban J connectivity index is 2.86. The fourth-order valence-electron chi connectivity index (χ4n) is 0.434. The van der Waals surface area contributed by atoms with Crippen molar-refractivity contribution in [1.29, 1.82) is 0 Å². The second-order valence-corrected chi connectivity index (χ2v) is 1.63. The zero-order valence-corrected chi connectivity index (χ0v) is 6.13. The van der Waals surface area contributed by atoms with Crippen LogP contribution in [-0.2, 0) is 4.74 Å². The molecule has 0 spiro atoms. The van der Waals surface area contributed by atoms with Gasteiger partial charge < -0.3 is 4.74 Å². The molecule has 0 saturated heterocycles. The molecule has 0 atom stereocenters. The molecule has 0 fully saturated rings. The van der Waals surface area contributed by atoms with Gasteiger partial charge in [-0.05, 0) is 6.92 Å². The summed E-state index contributed by atoms with van der Waals surface area (Å²) in [6.45, 7) is 4.28. The van der Waals surface area contributed by atoms with E-state index < -0.39 is 0 Å². The van der Waals surface area contributed by atoms with E-state index in [2.05, 4.69) is 5.32 Å². The summed E-state index contributed by atoms with van der Waals surface area (Å²) in [4.78, 5) is 0. The monoisotopic (exact) mass is 128 g/mol. The largest absolute Gasteiger partial charge is 0.378 e. The lowest BCUT2D eigenvalue weighted by molar-refractivity contribution is 0.177. The van der Waals surface area contributed by atoms with Gasteiger partial charge in [0.2, 0.25) is 0 Å². The molecule has 0 aromatic carbocycles. The van der Waals surface area contributed by atoms with Gasteiger partial charge >= 0.3 is 0 Å². The Bertz CT molecular complexity index is 71.3. The Kier molecular flexibility index (Phi) is 7.37. The maximum atomic E-state index is 5.05. The maximum absolute atomic E-state index is 5.05. The second kappa shape index (κ2) is 7.66. The predicted octanol–water partition coefficient (Wildman–Crippen LogP) is 0.813. The van der Waals surface area contributed by atoms with Gasteiger partial charge in [0.05, 0.1) is 6.61 Å². The van der Waals surface area contributed by atoms with Gasteiger partial charge in [-0.1, -0.05) is 12.2 Å². The molecule has 0 saturated carbocycles. The van der Waals surface area contributed by atoms with E-state index in [4.69, 9.17) is 4.74 Å². The average molecular weight is 128 g/mol. The highest BCUT2D eigenvalue weighted by Crippen LogP contribution is 1.75. The molecule has 0 aromatic heterocycles. The van der Waals surface area contributed by atoms with E-state index in [1.165, 1.54) is 0 Å². The predicted molar refractivity (Wildman–Crippen MR) is 38.6 cm³/mol. The number of rotatable bonds is 5. The second-order valence-electron chi connectivity index (χ2n) is 1.63. The first kappa shape index (κ1) is 8.66. The van der Waals surface area contributed by atoms with E-state index in [1.807, 2.05) is 19.1 Å². The fraction of sp³-hybridized carbons (Fsp3) is 0.714. The third kappa shape index (κ3) is 7.66. The fourth-order valence-corrected chi connectivity index (χ4v) is 0.434. The van der Waals surface area contributed by atoms with Gasteiger partial charge in [0.15, 0.2) is 0 Å². The summed E-state index contributed by atoms with van der Waals surface area (Å²) in [5.41, 5.74) is 0. The number of ether oxygens (including phenoxy) is 1. The zero-order valence-electron chi connectivity index (χ0n) is 6.13.